The van der Waals surface area contributed by atoms with Gasteiger partial charge in [0.15, 0.2) is 0 Å². The highest BCUT2D eigenvalue weighted by Gasteiger charge is 2.43. The van der Waals surface area contributed by atoms with Crippen LogP contribution < -0.4 is 4.74 Å². The van der Waals surface area contributed by atoms with Gasteiger partial charge in [0.2, 0.25) is 0 Å². The molecule has 3 nitrogen and oxygen atoms in total. The van der Waals surface area contributed by atoms with E-state index in [0.717, 1.165) is 0 Å². The van der Waals surface area contributed by atoms with Crippen molar-refractivity contribution in [2.24, 2.45) is 0 Å². The van der Waals surface area contributed by atoms with Crippen molar-refractivity contribution in [3.63, 3.8) is 0 Å². The molecule has 0 saturated heterocycles. The van der Waals surface area contributed by atoms with E-state index in [0.29, 0.717) is 0 Å². The normalized spacial score (nSPS) is 13.1. The Hall–Kier alpha value is -2.67. The standard InChI is InChI=1S/C15H10FNO2/c16-15(11-17,12-7-3-1-4-8-12)14(18)19-13-9-5-2-6-10-13/h1-10H. The molecule has 1 unspecified atom stereocenters. The number of benzene rings is 2. The van der Waals surface area contributed by atoms with Gasteiger partial charge in [-0.3, -0.25) is 0 Å². The van der Waals surface area contributed by atoms with Gasteiger partial charge >= 0.3 is 11.6 Å². The summed E-state index contributed by atoms with van der Waals surface area (Å²) in [6, 6.07) is 17.0. The van der Waals surface area contributed by atoms with E-state index in [9.17, 15) is 9.18 Å². The van der Waals surface area contributed by atoms with Crippen molar-refractivity contribution in [3.8, 4) is 11.8 Å². The van der Waals surface area contributed by atoms with Crippen molar-refractivity contribution >= 4 is 5.97 Å². The van der Waals surface area contributed by atoms with E-state index in [-0.39, 0.29) is 11.3 Å². The van der Waals surface area contributed by atoms with Crippen LogP contribution in [0, 0.1) is 11.3 Å². The lowest BCUT2D eigenvalue weighted by atomic mass is 9.97. The number of hydrogen-bond acceptors (Lipinski definition) is 3. The Balaban J connectivity index is 2.28. The third kappa shape index (κ3) is 2.61. The van der Waals surface area contributed by atoms with Crippen molar-refractivity contribution in [1.82, 2.24) is 0 Å². The molecule has 0 radical (unpaired) electrons. The van der Waals surface area contributed by atoms with Crippen LogP contribution in [0.3, 0.4) is 0 Å². The second-order valence-corrected chi connectivity index (χ2v) is 3.84. The quantitative estimate of drug-likeness (QED) is 0.625. The molecule has 19 heavy (non-hydrogen) atoms. The number of alkyl halides is 1. The van der Waals surface area contributed by atoms with Gasteiger partial charge in [-0.15, -0.1) is 0 Å². The summed E-state index contributed by atoms with van der Waals surface area (Å²) in [5.41, 5.74) is -2.85. The Labute approximate surface area is 109 Å². The van der Waals surface area contributed by atoms with Crippen LogP contribution in [0.1, 0.15) is 5.56 Å². The number of rotatable bonds is 3. The Morgan fingerprint density at radius 3 is 2.11 bits per heavy atom. The number of carbonyl (C=O) groups excluding carboxylic acids is 1. The molecule has 0 aliphatic rings. The zero-order chi connectivity index (χ0) is 13.7. The first-order chi connectivity index (χ1) is 9.16. The minimum absolute atomic E-state index is 0.0431. The smallest absolute Gasteiger partial charge is 0.369 e. The maximum atomic E-state index is 14.5. The molecular weight excluding hydrogens is 245 g/mol. The molecule has 2 aromatic carbocycles. The molecule has 0 aromatic heterocycles. The zero-order valence-electron chi connectivity index (χ0n) is 9.92. The monoisotopic (exact) mass is 255 g/mol. The number of nitrogens with zero attached hydrogens (tertiary/aromatic N) is 1. The van der Waals surface area contributed by atoms with Crippen LogP contribution in [0.15, 0.2) is 60.7 Å². The molecule has 0 fully saturated rings. The van der Waals surface area contributed by atoms with Gasteiger partial charge in [0.1, 0.15) is 11.8 Å². The molecule has 0 aliphatic carbocycles. The third-order valence-electron chi connectivity index (χ3n) is 2.56. The van der Waals surface area contributed by atoms with Gasteiger partial charge in [0.05, 0.1) is 0 Å². The molecular formula is C15H10FNO2. The lowest BCUT2D eigenvalue weighted by molar-refractivity contribution is -0.144. The van der Waals surface area contributed by atoms with E-state index >= 15 is 0 Å². The van der Waals surface area contributed by atoms with Crippen molar-refractivity contribution in [1.29, 1.82) is 5.26 Å². The summed E-state index contributed by atoms with van der Waals surface area (Å²) in [7, 11) is 0. The van der Waals surface area contributed by atoms with Gasteiger partial charge in [-0.1, -0.05) is 48.5 Å². The number of halogens is 1. The van der Waals surface area contributed by atoms with Gasteiger partial charge in [-0.25, -0.2) is 9.18 Å². The van der Waals surface area contributed by atoms with Crippen molar-refractivity contribution in [2.45, 2.75) is 5.67 Å². The first-order valence-corrected chi connectivity index (χ1v) is 5.60. The van der Waals surface area contributed by atoms with Crippen molar-refractivity contribution < 1.29 is 13.9 Å². The molecule has 1 atom stereocenters. The Morgan fingerprint density at radius 1 is 1.05 bits per heavy atom. The highest BCUT2D eigenvalue weighted by atomic mass is 19.1. The molecule has 0 bridgehead atoms. The van der Waals surface area contributed by atoms with Gasteiger partial charge in [-0.05, 0) is 12.1 Å². The topological polar surface area (TPSA) is 50.1 Å². The van der Waals surface area contributed by atoms with E-state index in [4.69, 9.17) is 10.00 Å². The summed E-state index contributed by atoms with van der Waals surface area (Å²) in [6.45, 7) is 0. The molecule has 0 heterocycles. The van der Waals surface area contributed by atoms with E-state index in [2.05, 4.69) is 0 Å². The van der Waals surface area contributed by atoms with Gasteiger partial charge in [0, 0.05) is 5.56 Å². The summed E-state index contributed by atoms with van der Waals surface area (Å²) in [5.74, 6) is -1.05. The maximum Gasteiger partial charge on any atom is 0.369 e. The van der Waals surface area contributed by atoms with Gasteiger partial charge in [0.25, 0.3) is 0 Å². The van der Waals surface area contributed by atoms with Crippen LogP contribution >= 0.6 is 0 Å². The van der Waals surface area contributed by atoms with Crippen LogP contribution in [-0.2, 0) is 10.5 Å². The van der Waals surface area contributed by atoms with Crippen molar-refractivity contribution in [2.75, 3.05) is 0 Å². The molecule has 2 rings (SSSR count). The van der Waals surface area contributed by atoms with Crippen LogP contribution in [0.2, 0.25) is 0 Å². The molecule has 0 spiro atoms. The maximum absolute atomic E-state index is 14.5. The molecule has 0 amide bonds. The zero-order valence-corrected chi connectivity index (χ0v) is 9.92. The van der Waals surface area contributed by atoms with E-state index < -0.39 is 11.6 Å². The molecule has 0 saturated carbocycles. The predicted octanol–water partition coefficient (Wildman–Crippen LogP) is 2.98. The fourth-order valence-corrected chi connectivity index (χ4v) is 1.56. The SMILES string of the molecule is N#CC(F)(C(=O)Oc1ccccc1)c1ccccc1. The van der Waals surface area contributed by atoms with E-state index in [1.807, 2.05) is 0 Å². The minimum atomic E-state index is -2.81. The summed E-state index contributed by atoms with van der Waals surface area (Å²) in [5, 5.41) is 8.96. The number of nitriles is 1. The van der Waals surface area contributed by atoms with E-state index in [1.54, 1.807) is 36.4 Å². The highest BCUT2D eigenvalue weighted by molar-refractivity contribution is 5.86. The number of hydrogen-bond donors (Lipinski definition) is 0. The van der Waals surface area contributed by atoms with Crippen LogP contribution in [0.4, 0.5) is 4.39 Å². The highest BCUT2D eigenvalue weighted by Crippen LogP contribution is 2.27. The molecule has 2 aromatic rings. The molecule has 0 aliphatic heterocycles. The van der Waals surface area contributed by atoms with Crippen LogP contribution in [0.25, 0.3) is 0 Å². The third-order valence-corrected chi connectivity index (χ3v) is 2.56. The predicted molar refractivity (Wildman–Crippen MR) is 66.9 cm³/mol. The lowest BCUT2D eigenvalue weighted by Gasteiger charge is -2.16. The number of ether oxygens (including phenoxy) is 1. The summed E-state index contributed by atoms with van der Waals surface area (Å²) >= 11 is 0. The summed E-state index contributed by atoms with van der Waals surface area (Å²) in [4.78, 5) is 11.8. The van der Waals surface area contributed by atoms with Gasteiger partial charge in [-0.2, -0.15) is 5.26 Å². The Bertz CT molecular complexity index is 607. The number of para-hydroxylation sites is 1. The first-order valence-electron chi connectivity index (χ1n) is 5.60. The lowest BCUT2D eigenvalue weighted by Crippen LogP contribution is -2.33. The Kier molecular flexibility index (Phi) is 3.58. The van der Waals surface area contributed by atoms with E-state index in [1.165, 1.54) is 30.3 Å². The fourth-order valence-electron chi connectivity index (χ4n) is 1.56. The number of esters is 1. The molecule has 0 N–H and O–H groups in total. The van der Waals surface area contributed by atoms with Crippen LogP contribution in [-0.4, -0.2) is 5.97 Å². The first kappa shape index (κ1) is 12.8. The molecule has 94 valence electrons. The summed E-state index contributed by atoms with van der Waals surface area (Å²) < 4.78 is 19.4. The molecule has 4 heteroatoms. The van der Waals surface area contributed by atoms with Crippen molar-refractivity contribution in [3.05, 3.63) is 66.2 Å². The largest absolute Gasteiger partial charge is 0.423 e. The summed E-state index contributed by atoms with van der Waals surface area (Å²) in [6.07, 6.45) is 0. The average Bonchev–Trinajstić information content (AvgIpc) is 2.48. The van der Waals surface area contributed by atoms with Gasteiger partial charge < -0.3 is 4.74 Å². The number of carbonyl (C=O) groups is 1. The van der Waals surface area contributed by atoms with Crippen LogP contribution in [0.5, 0.6) is 5.75 Å². The Morgan fingerprint density at radius 2 is 1.58 bits per heavy atom. The second kappa shape index (κ2) is 5.32. The minimum Gasteiger partial charge on any atom is -0.423 e. The second-order valence-electron chi connectivity index (χ2n) is 3.84. The average molecular weight is 255 g/mol. The fraction of sp³-hybridized carbons (Fsp3) is 0.0667.